The Morgan fingerprint density at radius 3 is 2.18 bits per heavy atom. The summed E-state index contributed by atoms with van der Waals surface area (Å²) in [4.78, 5) is 0. The molecule has 1 nitrogen and oxygen atoms in total. The van der Waals surface area contributed by atoms with Gasteiger partial charge in [0.1, 0.15) is 5.82 Å². The van der Waals surface area contributed by atoms with Crippen LogP contribution in [0.1, 0.15) is 5.56 Å². The molecule has 0 unspecified atom stereocenters. The van der Waals surface area contributed by atoms with Gasteiger partial charge in [-0.3, -0.25) is 0 Å². The third kappa shape index (κ3) is 3.68. The molecular weight excluding hydrogens is 319 g/mol. The number of benzene rings is 2. The van der Waals surface area contributed by atoms with Gasteiger partial charge in [0, 0.05) is 5.69 Å². The van der Waals surface area contributed by atoms with Gasteiger partial charge in [0.15, 0.2) is 0 Å². The maximum atomic E-state index is 13.3. The number of fused-ring (bicyclic) bond motifs is 1. The number of nitrogens with one attached hydrogen (secondary N) is 1. The maximum Gasteiger partial charge on any atom is 1.00 e. The molecular formula is C14H10B2F4KN. The molecule has 1 aliphatic heterocycles. The summed E-state index contributed by atoms with van der Waals surface area (Å²) in [6.45, 7) is -6.16. The molecule has 2 aromatic carbocycles. The van der Waals surface area contributed by atoms with E-state index in [0.29, 0.717) is 16.7 Å². The SMILES string of the molecule is Fc1ccc(B2Nc3ccccc3C=C2[B-](F)(F)F)cc1.[K+]. The molecule has 0 fully saturated rings. The fourth-order valence-electron chi connectivity index (χ4n) is 2.47. The quantitative estimate of drug-likeness (QED) is 0.624. The maximum absolute atomic E-state index is 13.3. The van der Waals surface area contributed by atoms with Crippen LogP contribution in [0.4, 0.5) is 23.0 Å². The Morgan fingerprint density at radius 2 is 1.55 bits per heavy atom. The van der Waals surface area contributed by atoms with E-state index >= 15 is 0 Å². The molecule has 8 heteroatoms. The molecule has 3 rings (SSSR count). The Morgan fingerprint density at radius 1 is 0.909 bits per heavy atom. The monoisotopic (exact) mass is 329 g/mol. The van der Waals surface area contributed by atoms with Crippen LogP contribution in [0.3, 0.4) is 0 Å². The summed E-state index contributed by atoms with van der Waals surface area (Å²) in [5.74, 6) is -0.474. The summed E-state index contributed by atoms with van der Waals surface area (Å²) in [5.41, 5.74) is 1.53. The first-order valence-corrected chi connectivity index (χ1v) is 6.47. The Hall–Kier alpha value is -0.534. The normalized spacial score (nSPS) is 13.6. The Bertz CT molecular complexity index is 701. The van der Waals surface area contributed by atoms with Gasteiger partial charge in [-0.05, 0) is 23.8 Å². The summed E-state index contributed by atoms with van der Waals surface area (Å²) < 4.78 is 53.0. The van der Waals surface area contributed by atoms with E-state index < -0.39 is 25.0 Å². The first kappa shape index (κ1) is 17.8. The van der Waals surface area contributed by atoms with E-state index in [2.05, 4.69) is 5.23 Å². The summed E-state index contributed by atoms with van der Waals surface area (Å²) in [7, 11) is 0. The van der Waals surface area contributed by atoms with E-state index in [9.17, 15) is 17.3 Å². The van der Waals surface area contributed by atoms with E-state index in [1.165, 1.54) is 30.3 Å². The number of rotatable bonds is 2. The number of hydrogen-bond donors (Lipinski definition) is 1. The minimum absolute atomic E-state index is 0. The van der Waals surface area contributed by atoms with Crippen LogP contribution in [0.5, 0.6) is 0 Å². The van der Waals surface area contributed by atoms with Gasteiger partial charge in [0.05, 0.1) is 0 Å². The Balaban J connectivity index is 0.00000176. The summed E-state index contributed by atoms with van der Waals surface area (Å²) in [6.07, 6.45) is 1.17. The molecule has 1 N–H and O–H groups in total. The molecule has 0 amide bonds. The molecule has 0 saturated heterocycles. The van der Waals surface area contributed by atoms with E-state index in [4.69, 9.17) is 0 Å². The molecule has 0 bridgehead atoms. The van der Waals surface area contributed by atoms with Crippen molar-refractivity contribution in [2.75, 3.05) is 5.23 Å². The first-order valence-electron chi connectivity index (χ1n) is 6.47. The molecule has 1 heterocycles. The average Bonchev–Trinajstić information content (AvgIpc) is 2.46. The van der Waals surface area contributed by atoms with Crippen molar-refractivity contribution in [2.24, 2.45) is 0 Å². The molecule has 0 atom stereocenters. The van der Waals surface area contributed by atoms with Crippen molar-refractivity contribution in [3.05, 3.63) is 65.3 Å². The Labute approximate surface area is 168 Å². The zero-order chi connectivity index (χ0) is 15.0. The van der Waals surface area contributed by atoms with E-state index in [-0.39, 0.29) is 51.4 Å². The Kier molecular flexibility index (Phi) is 5.61. The molecule has 0 aliphatic carbocycles. The van der Waals surface area contributed by atoms with Crippen LogP contribution in [-0.4, -0.2) is 13.8 Å². The topological polar surface area (TPSA) is 12.0 Å². The van der Waals surface area contributed by atoms with Gasteiger partial charge in [-0.15, -0.1) is 5.37 Å². The number of para-hydroxylation sites is 1. The standard InChI is InChI=1S/C14H10B2F4N.K/c17-12-7-5-11(6-8-12)15-14(16(18,19)20)9-10-3-1-2-4-13(10)21-15;/h1-9,21H;/q-1;+1. The summed E-state index contributed by atoms with van der Waals surface area (Å²) >= 11 is 0. The molecule has 0 spiro atoms. The second kappa shape index (κ2) is 6.92. The van der Waals surface area contributed by atoms with Crippen molar-refractivity contribution in [3.8, 4) is 0 Å². The molecule has 0 saturated carbocycles. The van der Waals surface area contributed by atoms with Crippen LogP contribution in [-0.2, 0) is 0 Å². The van der Waals surface area contributed by atoms with Gasteiger partial charge < -0.3 is 18.2 Å². The zero-order valence-corrected chi connectivity index (χ0v) is 15.0. The van der Waals surface area contributed by atoms with Crippen molar-refractivity contribution in [2.45, 2.75) is 0 Å². The number of halogens is 4. The van der Waals surface area contributed by atoms with Crippen molar-refractivity contribution in [1.82, 2.24) is 0 Å². The van der Waals surface area contributed by atoms with Crippen LogP contribution in [0, 0.1) is 5.82 Å². The van der Waals surface area contributed by atoms with E-state index in [0.717, 1.165) is 0 Å². The van der Waals surface area contributed by atoms with E-state index in [1.54, 1.807) is 24.3 Å². The third-order valence-corrected chi connectivity index (χ3v) is 3.50. The van der Waals surface area contributed by atoms with Crippen molar-refractivity contribution in [3.63, 3.8) is 0 Å². The van der Waals surface area contributed by atoms with Crippen LogP contribution >= 0.6 is 0 Å². The largest absolute Gasteiger partial charge is 1.00 e. The molecule has 22 heavy (non-hydrogen) atoms. The first-order chi connectivity index (χ1) is 9.95. The summed E-state index contributed by atoms with van der Waals surface area (Å²) in [5, 5.41) is 2.27. The zero-order valence-electron chi connectivity index (χ0n) is 11.9. The minimum atomic E-state index is -5.14. The molecule has 106 valence electrons. The smallest absolute Gasteiger partial charge is 0.445 e. The summed E-state index contributed by atoms with van der Waals surface area (Å²) in [6, 6.07) is 11.9. The van der Waals surface area contributed by atoms with Crippen LogP contribution in [0.25, 0.3) is 6.08 Å². The minimum Gasteiger partial charge on any atom is -0.445 e. The van der Waals surface area contributed by atoms with Crippen LogP contribution in [0.15, 0.2) is 53.9 Å². The second-order valence-corrected chi connectivity index (χ2v) is 4.94. The van der Waals surface area contributed by atoms with Crippen molar-refractivity contribution in [1.29, 1.82) is 0 Å². The fraction of sp³-hybridized carbons (Fsp3) is 0. The van der Waals surface area contributed by atoms with E-state index in [1.807, 2.05) is 0 Å². The van der Waals surface area contributed by atoms with Crippen LogP contribution in [0.2, 0.25) is 0 Å². The predicted molar refractivity (Wildman–Crippen MR) is 78.9 cm³/mol. The molecule has 1 aliphatic rings. The third-order valence-electron chi connectivity index (χ3n) is 3.50. The van der Waals surface area contributed by atoms with Crippen molar-refractivity contribution < 1.29 is 68.7 Å². The average molecular weight is 329 g/mol. The van der Waals surface area contributed by atoms with Gasteiger partial charge in [-0.25, -0.2) is 4.39 Å². The van der Waals surface area contributed by atoms with Gasteiger partial charge in [-0.1, -0.05) is 41.9 Å². The van der Waals surface area contributed by atoms with Gasteiger partial charge in [0.2, 0.25) is 0 Å². The second-order valence-electron chi connectivity index (χ2n) is 4.94. The fourth-order valence-corrected chi connectivity index (χ4v) is 2.47. The van der Waals surface area contributed by atoms with Gasteiger partial charge >= 0.3 is 58.4 Å². The molecule has 0 radical (unpaired) electrons. The van der Waals surface area contributed by atoms with Crippen molar-refractivity contribution >= 4 is 31.1 Å². The van der Waals surface area contributed by atoms with Crippen LogP contribution < -0.4 is 62.1 Å². The van der Waals surface area contributed by atoms with Gasteiger partial charge in [-0.2, -0.15) is 0 Å². The molecule has 0 aromatic heterocycles. The number of hydrogen-bond acceptors (Lipinski definition) is 1. The number of anilines is 1. The predicted octanol–water partition coefficient (Wildman–Crippen LogP) is 0.463. The molecule has 2 aromatic rings. The van der Waals surface area contributed by atoms with Gasteiger partial charge in [0.25, 0.3) is 6.85 Å².